The van der Waals surface area contributed by atoms with Crippen LogP contribution in [-0.4, -0.2) is 155 Å². The molecule has 2 heterocycles. The number of amides is 10. The number of carbonyl (C=O) groups is 9. The molecule has 0 unspecified atom stereocenters. The van der Waals surface area contributed by atoms with Gasteiger partial charge in [-0.2, -0.15) is 0 Å². The first-order valence-electron chi connectivity index (χ1n) is 28.9. The van der Waals surface area contributed by atoms with Gasteiger partial charge in [0.1, 0.15) is 48.0 Å². The number of primary amides is 1. The molecule has 7 atom stereocenters. The number of aromatic nitrogens is 1. The fraction of sp³-hybridized carbons (Fsp3) is 0.419. The molecule has 460 valence electrons. The smallest absolute Gasteiger partial charge is 0.312 e. The molecule has 0 radical (unpaired) electrons. The molecule has 1 saturated heterocycles. The summed E-state index contributed by atoms with van der Waals surface area (Å²) in [6, 6.07) is 18.4. The number of hydrogen-bond acceptors (Lipinski definition) is 13. The molecule has 86 heavy (non-hydrogen) atoms. The van der Waals surface area contributed by atoms with Gasteiger partial charge >= 0.3 is 6.03 Å². The number of nitrogens with one attached hydrogen (secondary N) is 9. The van der Waals surface area contributed by atoms with Crippen molar-refractivity contribution in [1.82, 2.24) is 57.7 Å². The third-order valence-corrected chi connectivity index (χ3v) is 14.7. The van der Waals surface area contributed by atoms with Gasteiger partial charge in [0, 0.05) is 69.7 Å². The number of phenols is 1. The van der Waals surface area contributed by atoms with E-state index in [2.05, 4.69) is 57.7 Å². The minimum Gasteiger partial charge on any atom is -0.508 e. The van der Waals surface area contributed by atoms with E-state index in [1.54, 1.807) is 36.4 Å². The Morgan fingerprint density at radius 1 is 0.558 bits per heavy atom. The lowest BCUT2D eigenvalue weighted by molar-refractivity contribution is -0.136. The maximum Gasteiger partial charge on any atom is 0.312 e. The largest absolute Gasteiger partial charge is 0.508 e. The van der Waals surface area contributed by atoms with E-state index in [1.807, 2.05) is 56.3 Å². The van der Waals surface area contributed by atoms with E-state index in [0.717, 1.165) is 42.3 Å². The van der Waals surface area contributed by atoms with Gasteiger partial charge in [0.05, 0.1) is 6.61 Å². The first kappa shape index (κ1) is 66.5. The zero-order valence-corrected chi connectivity index (χ0v) is 49.4. The summed E-state index contributed by atoms with van der Waals surface area (Å²) in [5.74, 6) is -6.19. The summed E-state index contributed by atoms with van der Waals surface area (Å²) in [7, 11) is 0. The third kappa shape index (κ3) is 22.1. The summed E-state index contributed by atoms with van der Waals surface area (Å²) in [6.07, 6.45) is 4.98. The van der Waals surface area contributed by atoms with Crippen LogP contribution in [0.2, 0.25) is 5.02 Å². The Morgan fingerprint density at radius 3 is 1.62 bits per heavy atom. The molecule has 4 aromatic carbocycles. The van der Waals surface area contributed by atoms with Crippen LogP contribution in [0.25, 0.3) is 10.8 Å². The lowest BCUT2D eigenvalue weighted by Gasteiger charge is -2.28. The number of aliphatic hydroxyl groups is 1. The molecule has 1 aliphatic heterocycles. The summed E-state index contributed by atoms with van der Waals surface area (Å²) >= 11 is 6.21. The van der Waals surface area contributed by atoms with E-state index in [9.17, 15) is 53.4 Å². The summed E-state index contributed by atoms with van der Waals surface area (Å²) in [4.78, 5) is 131. The molecule has 0 saturated carbocycles. The van der Waals surface area contributed by atoms with Gasteiger partial charge in [-0.05, 0) is 114 Å². The van der Waals surface area contributed by atoms with Gasteiger partial charge < -0.3 is 68.7 Å². The molecule has 0 aliphatic carbocycles. The molecule has 1 aliphatic rings. The summed E-state index contributed by atoms with van der Waals surface area (Å²) in [5, 5.41) is 47.4. The second kappa shape index (κ2) is 33.7. The highest BCUT2D eigenvalue weighted by Gasteiger charge is 2.35. The van der Waals surface area contributed by atoms with Gasteiger partial charge in [-0.1, -0.05) is 98.2 Å². The molecule has 0 bridgehead atoms. The average Bonchev–Trinajstić information content (AvgIpc) is 4.12. The Bertz CT molecular complexity index is 3090. The highest BCUT2D eigenvalue weighted by molar-refractivity contribution is 6.30. The van der Waals surface area contributed by atoms with Gasteiger partial charge in [0.25, 0.3) is 0 Å². The summed E-state index contributed by atoms with van der Waals surface area (Å²) in [5.41, 5.74) is 7.52. The maximum absolute atomic E-state index is 14.7. The number of fused-ring (bicyclic) bond motifs is 1. The fourth-order valence-electron chi connectivity index (χ4n) is 9.95. The topological polar surface area (TPSA) is 345 Å². The minimum atomic E-state index is -1.76. The molecular formula is C62H79ClN12O11. The number of hydrogen-bond donors (Lipinski definition) is 12. The predicted molar refractivity (Wildman–Crippen MR) is 324 cm³/mol. The number of nitrogens with two attached hydrogens (primary N) is 1. The summed E-state index contributed by atoms with van der Waals surface area (Å²) in [6.45, 7) is 6.93. The number of carbonyl (C=O) groups excluding carboxylic acids is 9. The number of benzene rings is 4. The van der Waals surface area contributed by atoms with Gasteiger partial charge in [-0.15, -0.1) is 0 Å². The Hall–Kier alpha value is -8.67. The zero-order valence-electron chi connectivity index (χ0n) is 48.6. The van der Waals surface area contributed by atoms with Gasteiger partial charge in [0.15, 0.2) is 0 Å². The van der Waals surface area contributed by atoms with Crippen molar-refractivity contribution in [1.29, 1.82) is 0 Å². The monoisotopic (exact) mass is 1200 g/mol. The van der Waals surface area contributed by atoms with Gasteiger partial charge in [0.2, 0.25) is 47.3 Å². The standard InChI is InChI=1S/C62H79ClN12O11/c1-38(2)30-49(55(79)66-26-29-75-27-6-7-28-75)70-56(80)48(13-9-25-67-62(64)86)69-58(82)51(33-41-17-22-47(78)23-18-41)73-61(85)54(37-76)74-60(84)53(35-43-10-8-24-65-36-43)72-59(83)52(32-40-15-20-46(63)21-16-40)71-57(81)50(68-39(3)77)34-42-14-19-44-11-4-5-12-45(44)31-42/h4-5,8,10-12,14-24,31,36,38,48-54,76,78H,6-7,9,13,25-30,32-35,37H2,1-3H3,(H,66,79)(H,68,77)(H,69,82)(H,70,80)(H,71,81)(H,72,83)(H,73,85)(H,74,84)(H3,64,67,86)/t48-,49+,50-,51+,52-,53-,54+/m1/s1. The highest BCUT2D eigenvalue weighted by atomic mass is 35.5. The number of halogens is 1. The first-order chi connectivity index (χ1) is 41.2. The number of aromatic hydroxyl groups is 1. The van der Waals surface area contributed by atoms with Crippen molar-refractivity contribution in [2.24, 2.45) is 11.7 Å². The molecule has 10 amide bonds. The number of likely N-dealkylation sites (tertiary alicyclic amines) is 1. The lowest BCUT2D eigenvalue weighted by Crippen LogP contribution is -2.61. The van der Waals surface area contributed by atoms with E-state index in [-0.39, 0.29) is 63.2 Å². The van der Waals surface area contributed by atoms with E-state index < -0.39 is 102 Å². The maximum atomic E-state index is 14.7. The van der Waals surface area contributed by atoms with Gasteiger partial charge in [-0.25, -0.2) is 4.79 Å². The van der Waals surface area contributed by atoms with Crippen molar-refractivity contribution in [3.63, 3.8) is 0 Å². The number of rotatable bonds is 32. The van der Waals surface area contributed by atoms with Crippen LogP contribution in [0.3, 0.4) is 0 Å². The van der Waals surface area contributed by atoms with Crippen LogP contribution in [0.15, 0.2) is 116 Å². The highest BCUT2D eigenvalue weighted by Crippen LogP contribution is 2.19. The lowest BCUT2D eigenvalue weighted by atomic mass is 9.99. The van der Waals surface area contributed by atoms with Crippen LogP contribution in [0.4, 0.5) is 4.79 Å². The predicted octanol–water partition coefficient (Wildman–Crippen LogP) is 1.98. The minimum absolute atomic E-state index is 0.0264. The molecule has 5 aromatic rings. The molecule has 6 rings (SSSR count). The third-order valence-electron chi connectivity index (χ3n) is 14.4. The van der Waals surface area contributed by atoms with E-state index in [4.69, 9.17) is 17.3 Å². The van der Waals surface area contributed by atoms with E-state index in [1.165, 1.54) is 43.6 Å². The van der Waals surface area contributed by atoms with Crippen LogP contribution in [0.1, 0.15) is 75.1 Å². The van der Waals surface area contributed by atoms with Gasteiger partial charge in [-0.3, -0.25) is 43.3 Å². The van der Waals surface area contributed by atoms with Crippen LogP contribution < -0.4 is 53.6 Å². The molecular weight excluding hydrogens is 1120 g/mol. The zero-order chi connectivity index (χ0) is 62.1. The van der Waals surface area contributed by atoms with Crippen molar-refractivity contribution >= 4 is 75.7 Å². The fourth-order valence-corrected chi connectivity index (χ4v) is 10.1. The van der Waals surface area contributed by atoms with Crippen molar-refractivity contribution < 1.29 is 53.4 Å². The molecule has 13 N–H and O–H groups in total. The normalized spacial score (nSPS) is 14.7. The Balaban J connectivity index is 1.23. The van der Waals surface area contributed by atoms with E-state index >= 15 is 0 Å². The first-order valence-corrected chi connectivity index (χ1v) is 29.2. The van der Waals surface area contributed by atoms with Crippen molar-refractivity contribution in [2.75, 3.05) is 39.3 Å². The average molecular weight is 1200 g/mol. The molecule has 1 fully saturated rings. The van der Waals surface area contributed by atoms with Crippen molar-refractivity contribution in [3.8, 4) is 5.75 Å². The number of pyridine rings is 1. The second-order valence-corrected chi connectivity index (χ2v) is 22.3. The van der Waals surface area contributed by atoms with E-state index in [0.29, 0.717) is 34.8 Å². The van der Waals surface area contributed by atoms with Crippen LogP contribution in [0, 0.1) is 5.92 Å². The quantitative estimate of drug-likeness (QED) is 0.0275. The SMILES string of the molecule is CC(=O)N[C@H](Cc1ccc2ccccc2c1)C(=O)N[C@H](Cc1ccc(Cl)cc1)C(=O)N[C@H](Cc1cccnc1)C(=O)N[C@@H](CO)C(=O)N[C@@H](Cc1ccc(O)cc1)C(=O)N[C@H](CCCNC(N)=O)C(=O)N[C@@H](CC(C)C)C(=O)NCCN1CCCC1. The Kier molecular flexibility index (Phi) is 26.1. The Morgan fingerprint density at radius 2 is 1.06 bits per heavy atom. The second-order valence-electron chi connectivity index (χ2n) is 21.9. The van der Waals surface area contributed by atoms with Crippen molar-refractivity contribution in [3.05, 3.63) is 143 Å². The molecule has 24 heteroatoms. The Labute approximate surface area is 505 Å². The number of aliphatic hydroxyl groups excluding tert-OH is 1. The number of urea groups is 1. The van der Waals surface area contributed by atoms with Crippen molar-refractivity contribution in [2.45, 2.75) is 121 Å². The molecule has 1 aromatic heterocycles. The summed E-state index contributed by atoms with van der Waals surface area (Å²) < 4.78 is 0. The number of nitrogens with zero attached hydrogens (tertiary/aromatic N) is 2. The van der Waals surface area contributed by atoms with Crippen LogP contribution in [-0.2, 0) is 64.0 Å². The molecule has 23 nitrogen and oxygen atoms in total. The van der Waals surface area contributed by atoms with Crippen LogP contribution in [0.5, 0.6) is 5.75 Å². The number of phenolic OH excluding ortho intramolecular Hbond substituents is 1. The molecule has 0 spiro atoms. The van der Waals surface area contributed by atoms with Crippen LogP contribution >= 0.6 is 11.6 Å².